The third-order valence-corrected chi connectivity index (χ3v) is 3.08. The maximum Gasteiger partial charge on any atom is 0.243 e. The van der Waals surface area contributed by atoms with Crippen molar-refractivity contribution in [2.75, 3.05) is 25.1 Å². The van der Waals surface area contributed by atoms with E-state index in [0.29, 0.717) is 13.2 Å². The Morgan fingerprint density at radius 2 is 2.05 bits per heavy atom. The van der Waals surface area contributed by atoms with Crippen LogP contribution in [-0.4, -0.2) is 31.6 Å². The predicted octanol–water partition coefficient (Wildman–Crippen LogP) is 2.24. The third-order valence-electron chi connectivity index (χ3n) is 2.59. The van der Waals surface area contributed by atoms with Gasteiger partial charge in [-0.05, 0) is 37.6 Å². The Morgan fingerprint density at radius 3 is 2.70 bits per heavy atom. The molecule has 0 aliphatic carbocycles. The van der Waals surface area contributed by atoms with Gasteiger partial charge in [0.2, 0.25) is 11.8 Å². The molecule has 0 radical (unpaired) electrons. The summed E-state index contributed by atoms with van der Waals surface area (Å²) in [7, 11) is 0. The van der Waals surface area contributed by atoms with E-state index in [0.717, 1.165) is 15.7 Å². The van der Waals surface area contributed by atoms with Crippen LogP contribution >= 0.6 is 15.9 Å². The molecule has 1 aromatic carbocycles. The van der Waals surface area contributed by atoms with E-state index >= 15 is 0 Å². The van der Waals surface area contributed by atoms with Crippen LogP contribution in [0.4, 0.5) is 5.69 Å². The molecule has 2 amide bonds. The number of carbonyl (C=O) groups excluding carboxylic acids is 2. The van der Waals surface area contributed by atoms with E-state index in [9.17, 15) is 9.59 Å². The SMILES string of the molecule is CCOCCC(=O)NCC(=O)Nc1ccc(Br)cc1C. The van der Waals surface area contributed by atoms with Crippen LogP contribution in [0, 0.1) is 6.92 Å². The lowest BCUT2D eigenvalue weighted by molar-refractivity contribution is -0.125. The van der Waals surface area contributed by atoms with E-state index in [4.69, 9.17) is 4.74 Å². The lowest BCUT2D eigenvalue weighted by Gasteiger charge is -2.09. The number of hydrogen-bond donors (Lipinski definition) is 2. The van der Waals surface area contributed by atoms with E-state index in [-0.39, 0.29) is 24.8 Å². The van der Waals surface area contributed by atoms with Gasteiger partial charge in [-0.25, -0.2) is 0 Å². The maximum atomic E-state index is 11.7. The van der Waals surface area contributed by atoms with Crippen LogP contribution in [-0.2, 0) is 14.3 Å². The highest BCUT2D eigenvalue weighted by Gasteiger charge is 2.07. The fraction of sp³-hybridized carbons (Fsp3) is 0.429. The molecule has 20 heavy (non-hydrogen) atoms. The van der Waals surface area contributed by atoms with Crippen LogP contribution in [0.3, 0.4) is 0 Å². The van der Waals surface area contributed by atoms with Crippen molar-refractivity contribution in [1.82, 2.24) is 5.32 Å². The first-order chi connectivity index (χ1) is 9.52. The topological polar surface area (TPSA) is 67.4 Å². The molecule has 0 saturated heterocycles. The summed E-state index contributed by atoms with van der Waals surface area (Å²) >= 11 is 3.36. The summed E-state index contributed by atoms with van der Waals surface area (Å²) in [6, 6.07) is 5.58. The van der Waals surface area contributed by atoms with Gasteiger partial charge in [0.25, 0.3) is 0 Å². The molecule has 5 nitrogen and oxygen atoms in total. The first-order valence-corrected chi connectivity index (χ1v) is 7.22. The molecule has 0 atom stereocenters. The molecular weight excluding hydrogens is 324 g/mol. The Hall–Kier alpha value is -1.40. The molecule has 0 heterocycles. The van der Waals surface area contributed by atoms with Crippen molar-refractivity contribution in [2.45, 2.75) is 20.3 Å². The van der Waals surface area contributed by atoms with Gasteiger partial charge in [-0.1, -0.05) is 15.9 Å². The number of nitrogens with one attached hydrogen (secondary N) is 2. The molecule has 2 N–H and O–H groups in total. The van der Waals surface area contributed by atoms with Gasteiger partial charge in [0.1, 0.15) is 0 Å². The molecule has 0 fully saturated rings. The minimum atomic E-state index is -0.250. The summed E-state index contributed by atoms with van der Waals surface area (Å²) in [5.74, 6) is -0.443. The molecule has 1 rings (SSSR count). The number of hydrogen-bond acceptors (Lipinski definition) is 3. The van der Waals surface area contributed by atoms with Crippen molar-refractivity contribution in [3.05, 3.63) is 28.2 Å². The largest absolute Gasteiger partial charge is 0.381 e. The summed E-state index contributed by atoms with van der Waals surface area (Å²) in [6.07, 6.45) is 0.262. The second-order valence-corrected chi connectivity index (χ2v) is 5.15. The number of carbonyl (C=O) groups is 2. The molecule has 6 heteroatoms. The van der Waals surface area contributed by atoms with Gasteiger partial charge in [0, 0.05) is 23.2 Å². The first kappa shape index (κ1) is 16.7. The molecule has 0 saturated carbocycles. The number of halogens is 1. The van der Waals surface area contributed by atoms with E-state index in [1.54, 1.807) is 0 Å². The molecular formula is C14H19BrN2O3. The highest BCUT2D eigenvalue weighted by molar-refractivity contribution is 9.10. The third kappa shape index (κ3) is 6.16. The Balaban J connectivity index is 2.34. The lowest BCUT2D eigenvalue weighted by atomic mass is 10.2. The highest BCUT2D eigenvalue weighted by atomic mass is 79.9. The maximum absolute atomic E-state index is 11.7. The van der Waals surface area contributed by atoms with Gasteiger partial charge in [0.05, 0.1) is 13.2 Å². The minimum Gasteiger partial charge on any atom is -0.381 e. The van der Waals surface area contributed by atoms with Crippen molar-refractivity contribution in [3.8, 4) is 0 Å². The van der Waals surface area contributed by atoms with E-state index < -0.39 is 0 Å². The molecule has 0 aliphatic rings. The van der Waals surface area contributed by atoms with Crippen molar-refractivity contribution in [3.63, 3.8) is 0 Å². The van der Waals surface area contributed by atoms with Crippen LogP contribution in [0.5, 0.6) is 0 Å². The van der Waals surface area contributed by atoms with Gasteiger partial charge in [-0.15, -0.1) is 0 Å². The van der Waals surface area contributed by atoms with Crippen molar-refractivity contribution in [1.29, 1.82) is 0 Å². The van der Waals surface area contributed by atoms with Gasteiger partial charge >= 0.3 is 0 Å². The second-order valence-electron chi connectivity index (χ2n) is 4.23. The summed E-state index contributed by atoms with van der Waals surface area (Å²) in [5.41, 5.74) is 1.69. The predicted molar refractivity (Wildman–Crippen MR) is 81.6 cm³/mol. The average Bonchev–Trinajstić information content (AvgIpc) is 2.40. The summed E-state index contributed by atoms with van der Waals surface area (Å²) in [5, 5.41) is 5.31. The normalized spacial score (nSPS) is 10.2. The van der Waals surface area contributed by atoms with Gasteiger partial charge in [-0.3, -0.25) is 9.59 Å². The van der Waals surface area contributed by atoms with E-state index in [1.807, 2.05) is 32.0 Å². The lowest BCUT2D eigenvalue weighted by Crippen LogP contribution is -2.33. The quantitative estimate of drug-likeness (QED) is 0.746. The number of benzene rings is 1. The van der Waals surface area contributed by atoms with Crippen LogP contribution in [0.1, 0.15) is 18.9 Å². The summed E-state index contributed by atoms with van der Waals surface area (Å²) < 4.78 is 6.02. The number of anilines is 1. The van der Waals surface area contributed by atoms with Gasteiger partial charge in [-0.2, -0.15) is 0 Å². The zero-order chi connectivity index (χ0) is 15.0. The number of rotatable bonds is 7. The van der Waals surface area contributed by atoms with Crippen molar-refractivity contribution in [2.24, 2.45) is 0 Å². The molecule has 0 aliphatic heterocycles. The summed E-state index contributed by atoms with van der Waals surface area (Å²) in [4.78, 5) is 23.1. The van der Waals surface area contributed by atoms with Crippen molar-refractivity contribution >= 4 is 33.4 Å². The Bertz CT molecular complexity index is 477. The molecule has 0 unspecified atom stereocenters. The van der Waals surface area contributed by atoms with Crippen molar-refractivity contribution < 1.29 is 14.3 Å². The first-order valence-electron chi connectivity index (χ1n) is 6.43. The monoisotopic (exact) mass is 342 g/mol. The number of ether oxygens (including phenoxy) is 1. The Kier molecular flexibility index (Phi) is 7.25. The van der Waals surface area contributed by atoms with Crippen LogP contribution in [0.25, 0.3) is 0 Å². The minimum absolute atomic E-state index is 0.0412. The summed E-state index contributed by atoms with van der Waals surface area (Å²) in [6.45, 7) is 4.68. The fourth-order valence-corrected chi connectivity index (χ4v) is 2.01. The second kappa shape index (κ2) is 8.71. The molecule has 110 valence electrons. The number of aryl methyl sites for hydroxylation is 1. The Morgan fingerprint density at radius 1 is 1.30 bits per heavy atom. The van der Waals surface area contributed by atoms with E-state index in [2.05, 4.69) is 26.6 Å². The fourth-order valence-electron chi connectivity index (χ4n) is 1.54. The molecule has 0 bridgehead atoms. The van der Waals surface area contributed by atoms with Crippen LogP contribution in [0.15, 0.2) is 22.7 Å². The average molecular weight is 343 g/mol. The van der Waals surface area contributed by atoms with Crippen LogP contribution in [0.2, 0.25) is 0 Å². The zero-order valence-corrected chi connectivity index (χ0v) is 13.2. The zero-order valence-electron chi connectivity index (χ0n) is 11.7. The highest BCUT2D eigenvalue weighted by Crippen LogP contribution is 2.19. The molecule has 0 spiro atoms. The van der Waals surface area contributed by atoms with Gasteiger partial charge in [0.15, 0.2) is 0 Å². The molecule has 1 aromatic rings. The Labute approximate surface area is 127 Å². The molecule has 0 aromatic heterocycles. The smallest absolute Gasteiger partial charge is 0.243 e. The standard InChI is InChI=1S/C14H19BrN2O3/c1-3-20-7-6-13(18)16-9-14(19)17-12-5-4-11(15)8-10(12)2/h4-5,8H,3,6-7,9H2,1-2H3,(H,16,18)(H,17,19). The van der Waals surface area contributed by atoms with Gasteiger partial charge < -0.3 is 15.4 Å². The number of amides is 2. The van der Waals surface area contributed by atoms with E-state index in [1.165, 1.54) is 0 Å². The van der Waals surface area contributed by atoms with Crippen LogP contribution < -0.4 is 10.6 Å².